The van der Waals surface area contributed by atoms with Gasteiger partial charge in [0.05, 0.1) is 11.7 Å². The normalized spacial score (nSPS) is 18.9. The van der Waals surface area contributed by atoms with Crippen LogP contribution >= 0.6 is 0 Å². The molecule has 3 rings (SSSR count). The number of piperidine rings is 1. The summed E-state index contributed by atoms with van der Waals surface area (Å²) in [5.41, 5.74) is 1.55. The van der Waals surface area contributed by atoms with E-state index < -0.39 is 0 Å². The van der Waals surface area contributed by atoms with Crippen LogP contribution in [0.3, 0.4) is 0 Å². The number of aryl methyl sites for hydroxylation is 1. The summed E-state index contributed by atoms with van der Waals surface area (Å²) in [6, 6.07) is 3.85. The lowest BCUT2D eigenvalue weighted by Crippen LogP contribution is -2.39. The number of carbonyl (C=O) groups excluding carboxylic acids is 1. The molecule has 1 unspecified atom stereocenters. The van der Waals surface area contributed by atoms with Crippen molar-refractivity contribution in [2.24, 2.45) is 0 Å². The number of hydrogen-bond donors (Lipinski definition) is 1. The highest BCUT2D eigenvalue weighted by atomic mass is 16.2. The second-order valence-electron chi connectivity index (χ2n) is 5.49. The lowest BCUT2D eigenvalue weighted by atomic mass is 9.99. The Labute approximate surface area is 124 Å². The molecular formula is C15H21N5O. The van der Waals surface area contributed by atoms with Crippen LogP contribution in [0, 0.1) is 0 Å². The summed E-state index contributed by atoms with van der Waals surface area (Å²) in [6.07, 6.45) is 7.79. The molecule has 2 aromatic heterocycles. The molecule has 1 amide bonds. The van der Waals surface area contributed by atoms with Crippen molar-refractivity contribution < 1.29 is 4.79 Å². The highest BCUT2D eigenvalue weighted by Crippen LogP contribution is 2.30. The first-order valence-electron chi connectivity index (χ1n) is 7.63. The number of likely N-dealkylation sites (tertiary alicyclic amines) is 1. The Hall–Kier alpha value is -2.11. The third kappa shape index (κ3) is 2.84. The third-order valence-electron chi connectivity index (χ3n) is 3.96. The quantitative estimate of drug-likeness (QED) is 0.939. The standard InChI is InChI=1S/C15H21N5O/c1-2-9-19-11-7-13(18-19)15(21)20-10-4-3-5-14(20)12-6-8-16-17-12/h6-8,11,14H,2-5,9-10H2,1H3,(H,16,17). The van der Waals surface area contributed by atoms with Gasteiger partial charge in [-0.05, 0) is 37.8 Å². The first kappa shape index (κ1) is 13.9. The first-order valence-corrected chi connectivity index (χ1v) is 7.63. The summed E-state index contributed by atoms with van der Waals surface area (Å²) in [5.74, 6) is 0.0177. The van der Waals surface area contributed by atoms with Gasteiger partial charge in [0.1, 0.15) is 5.69 Å². The minimum atomic E-state index is 0.0177. The topological polar surface area (TPSA) is 66.8 Å². The summed E-state index contributed by atoms with van der Waals surface area (Å²) < 4.78 is 1.84. The van der Waals surface area contributed by atoms with Gasteiger partial charge in [0.2, 0.25) is 0 Å². The van der Waals surface area contributed by atoms with E-state index in [1.807, 2.05) is 27.9 Å². The molecule has 6 heteroatoms. The van der Waals surface area contributed by atoms with Crippen LogP contribution in [0.4, 0.5) is 0 Å². The summed E-state index contributed by atoms with van der Waals surface area (Å²) in [5, 5.41) is 11.4. The molecule has 0 spiro atoms. The molecule has 1 aliphatic rings. The number of hydrogen-bond acceptors (Lipinski definition) is 3. The van der Waals surface area contributed by atoms with Crippen molar-refractivity contribution in [3.63, 3.8) is 0 Å². The van der Waals surface area contributed by atoms with Gasteiger partial charge in [-0.3, -0.25) is 14.6 Å². The highest BCUT2D eigenvalue weighted by molar-refractivity contribution is 5.92. The van der Waals surface area contributed by atoms with Crippen LogP contribution in [0.5, 0.6) is 0 Å². The van der Waals surface area contributed by atoms with Crippen molar-refractivity contribution in [2.75, 3.05) is 6.54 Å². The van der Waals surface area contributed by atoms with Crippen LogP contribution in [0.25, 0.3) is 0 Å². The maximum Gasteiger partial charge on any atom is 0.274 e. The van der Waals surface area contributed by atoms with Gasteiger partial charge in [0.15, 0.2) is 0 Å². The van der Waals surface area contributed by atoms with Crippen molar-refractivity contribution in [1.82, 2.24) is 24.9 Å². The van der Waals surface area contributed by atoms with Gasteiger partial charge in [0, 0.05) is 25.5 Å². The van der Waals surface area contributed by atoms with E-state index in [4.69, 9.17) is 0 Å². The number of nitrogens with zero attached hydrogens (tertiary/aromatic N) is 4. The fourth-order valence-corrected chi connectivity index (χ4v) is 2.93. The van der Waals surface area contributed by atoms with Crippen molar-refractivity contribution in [3.8, 4) is 0 Å². The Bertz CT molecular complexity index is 589. The second kappa shape index (κ2) is 6.11. The molecule has 112 valence electrons. The molecule has 0 radical (unpaired) electrons. The molecule has 1 saturated heterocycles. The largest absolute Gasteiger partial charge is 0.329 e. The maximum absolute atomic E-state index is 12.7. The zero-order valence-electron chi connectivity index (χ0n) is 12.3. The van der Waals surface area contributed by atoms with Gasteiger partial charge in [-0.25, -0.2) is 0 Å². The molecule has 0 bridgehead atoms. The van der Waals surface area contributed by atoms with Crippen molar-refractivity contribution in [1.29, 1.82) is 0 Å². The molecule has 2 aromatic rings. The van der Waals surface area contributed by atoms with Crippen molar-refractivity contribution in [2.45, 2.75) is 45.2 Å². The average Bonchev–Trinajstić information content (AvgIpc) is 3.18. The van der Waals surface area contributed by atoms with E-state index in [2.05, 4.69) is 22.2 Å². The molecule has 1 aliphatic heterocycles. The molecule has 3 heterocycles. The molecule has 0 aliphatic carbocycles. The minimum absolute atomic E-state index is 0.0177. The van der Waals surface area contributed by atoms with E-state index in [1.165, 1.54) is 0 Å². The third-order valence-corrected chi connectivity index (χ3v) is 3.96. The van der Waals surface area contributed by atoms with Crippen LogP contribution in [0.15, 0.2) is 24.5 Å². The predicted molar refractivity (Wildman–Crippen MR) is 78.7 cm³/mol. The number of H-pyrrole nitrogens is 1. The molecule has 6 nitrogen and oxygen atoms in total. The van der Waals surface area contributed by atoms with E-state index >= 15 is 0 Å². The summed E-state index contributed by atoms with van der Waals surface area (Å²) in [6.45, 7) is 3.72. The van der Waals surface area contributed by atoms with E-state index in [0.717, 1.165) is 44.5 Å². The zero-order chi connectivity index (χ0) is 14.7. The molecule has 0 saturated carbocycles. The average molecular weight is 287 g/mol. The lowest BCUT2D eigenvalue weighted by molar-refractivity contribution is 0.0599. The monoisotopic (exact) mass is 287 g/mol. The molecule has 21 heavy (non-hydrogen) atoms. The van der Waals surface area contributed by atoms with Crippen molar-refractivity contribution in [3.05, 3.63) is 35.9 Å². The Morgan fingerprint density at radius 3 is 3.10 bits per heavy atom. The number of amides is 1. The Morgan fingerprint density at radius 2 is 2.33 bits per heavy atom. The number of nitrogens with one attached hydrogen (secondary N) is 1. The van der Waals surface area contributed by atoms with E-state index in [-0.39, 0.29) is 11.9 Å². The smallest absolute Gasteiger partial charge is 0.274 e. The molecule has 1 N–H and O–H groups in total. The maximum atomic E-state index is 12.7. The summed E-state index contributed by atoms with van der Waals surface area (Å²) >= 11 is 0. The van der Waals surface area contributed by atoms with Gasteiger partial charge >= 0.3 is 0 Å². The fraction of sp³-hybridized carbons (Fsp3) is 0.533. The molecule has 1 atom stereocenters. The SMILES string of the molecule is CCCn1ccc(C(=O)N2CCCCC2c2ccn[nH]2)n1. The lowest BCUT2D eigenvalue weighted by Gasteiger charge is -2.34. The summed E-state index contributed by atoms with van der Waals surface area (Å²) in [4.78, 5) is 14.7. The minimum Gasteiger partial charge on any atom is -0.329 e. The van der Waals surface area contributed by atoms with Gasteiger partial charge in [-0.15, -0.1) is 0 Å². The fourth-order valence-electron chi connectivity index (χ4n) is 2.93. The zero-order valence-corrected chi connectivity index (χ0v) is 12.3. The van der Waals surface area contributed by atoms with E-state index in [9.17, 15) is 4.79 Å². The first-order chi connectivity index (χ1) is 10.3. The van der Waals surface area contributed by atoms with Crippen LogP contribution < -0.4 is 0 Å². The molecule has 0 aromatic carbocycles. The van der Waals surface area contributed by atoms with E-state index in [0.29, 0.717) is 5.69 Å². The van der Waals surface area contributed by atoms with Crippen LogP contribution in [-0.2, 0) is 6.54 Å². The number of rotatable bonds is 4. The Kier molecular flexibility index (Phi) is 4.03. The van der Waals surface area contributed by atoms with E-state index in [1.54, 1.807) is 6.20 Å². The summed E-state index contributed by atoms with van der Waals surface area (Å²) in [7, 11) is 0. The highest BCUT2D eigenvalue weighted by Gasteiger charge is 2.30. The number of aromatic nitrogens is 4. The predicted octanol–water partition coefficient (Wildman–Crippen LogP) is 2.38. The Balaban J connectivity index is 1.80. The van der Waals surface area contributed by atoms with Crippen molar-refractivity contribution >= 4 is 5.91 Å². The van der Waals surface area contributed by atoms with Gasteiger partial charge < -0.3 is 4.90 Å². The van der Waals surface area contributed by atoms with Gasteiger partial charge in [-0.1, -0.05) is 6.92 Å². The van der Waals surface area contributed by atoms with Gasteiger partial charge in [0.25, 0.3) is 5.91 Å². The Morgan fingerprint density at radius 1 is 1.43 bits per heavy atom. The van der Waals surface area contributed by atoms with Crippen LogP contribution in [0.2, 0.25) is 0 Å². The second-order valence-corrected chi connectivity index (χ2v) is 5.49. The van der Waals surface area contributed by atoms with Gasteiger partial charge in [-0.2, -0.15) is 10.2 Å². The number of aromatic amines is 1. The number of carbonyl (C=O) groups is 1. The van der Waals surface area contributed by atoms with Crippen LogP contribution in [0.1, 0.15) is 54.8 Å². The van der Waals surface area contributed by atoms with Crippen LogP contribution in [-0.4, -0.2) is 37.3 Å². The molecule has 1 fully saturated rings. The molecular weight excluding hydrogens is 266 g/mol.